The average Bonchev–Trinajstić information content (AvgIpc) is 2.90. The molecule has 16 heavy (non-hydrogen) atoms. The van der Waals surface area contributed by atoms with Crippen LogP contribution in [0.5, 0.6) is 0 Å². The lowest BCUT2D eigenvalue weighted by Gasteiger charge is -2.21. The highest BCUT2D eigenvalue weighted by Crippen LogP contribution is 2.37. The molecule has 2 aromatic rings. The molecule has 2 rings (SSSR count). The summed E-state index contributed by atoms with van der Waals surface area (Å²) < 4.78 is 5.18. The summed E-state index contributed by atoms with van der Waals surface area (Å²) in [6, 6.07) is 4.37. The molecule has 0 saturated heterocycles. The molecule has 0 atom stereocenters. The third-order valence-corrected chi connectivity index (χ3v) is 4.42. The average molecular weight is 234 g/mol. The van der Waals surface area contributed by atoms with Gasteiger partial charge in [0.1, 0.15) is 0 Å². The van der Waals surface area contributed by atoms with E-state index in [-0.39, 0.29) is 5.41 Å². The fourth-order valence-corrected chi connectivity index (χ4v) is 2.96. The van der Waals surface area contributed by atoms with Gasteiger partial charge in [0.05, 0.1) is 12.5 Å². The van der Waals surface area contributed by atoms with Crippen molar-refractivity contribution >= 4 is 11.3 Å². The van der Waals surface area contributed by atoms with Gasteiger partial charge in [-0.1, -0.05) is 27.7 Å². The van der Waals surface area contributed by atoms with Crippen molar-refractivity contribution in [2.75, 3.05) is 0 Å². The summed E-state index contributed by atoms with van der Waals surface area (Å²) in [5.41, 5.74) is 2.71. The smallest absolute Gasteiger partial charge is 0.0943 e. The maximum absolute atomic E-state index is 5.18. The summed E-state index contributed by atoms with van der Waals surface area (Å²) in [5.74, 6) is 0.602. The molecule has 0 bridgehead atoms. The highest BCUT2D eigenvalue weighted by atomic mass is 32.1. The largest absolute Gasteiger partial charge is 0.472 e. The van der Waals surface area contributed by atoms with Gasteiger partial charge in [0.2, 0.25) is 0 Å². The zero-order valence-electron chi connectivity index (χ0n) is 10.3. The fourth-order valence-electron chi connectivity index (χ4n) is 1.74. The van der Waals surface area contributed by atoms with Crippen LogP contribution < -0.4 is 0 Å². The Kier molecular flexibility index (Phi) is 2.94. The van der Waals surface area contributed by atoms with Crippen molar-refractivity contribution in [2.45, 2.75) is 39.0 Å². The molecule has 0 aliphatic heterocycles. The minimum atomic E-state index is 0.0464. The van der Waals surface area contributed by atoms with Crippen LogP contribution in [0.3, 0.4) is 0 Å². The molecule has 1 nitrogen and oxygen atoms in total. The van der Waals surface area contributed by atoms with E-state index in [1.54, 1.807) is 6.26 Å². The second kappa shape index (κ2) is 4.10. The van der Waals surface area contributed by atoms with Crippen molar-refractivity contribution in [3.63, 3.8) is 0 Å². The number of hydrogen-bond donors (Lipinski definition) is 0. The maximum atomic E-state index is 5.18. The molecule has 0 amide bonds. The molecule has 0 aromatic carbocycles. The monoisotopic (exact) mass is 234 g/mol. The molecule has 0 spiro atoms. The van der Waals surface area contributed by atoms with Crippen LogP contribution in [0.1, 0.15) is 49.6 Å². The van der Waals surface area contributed by atoms with Crippen molar-refractivity contribution in [3.8, 4) is 0 Å². The van der Waals surface area contributed by atoms with Crippen LogP contribution in [0.4, 0.5) is 0 Å². The third-order valence-electron chi connectivity index (χ3n) is 3.15. The number of hydrogen-bond acceptors (Lipinski definition) is 2. The highest BCUT2D eigenvalue weighted by molar-refractivity contribution is 7.10. The van der Waals surface area contributed by atoms with E-state index >= 15 is 0 Å². The Morgan fingerprint density at radius 3 is 2.56 bits per heavy atom. The van der Waals surface area contributed by atoms with E-state index < -0.39 is 0 Å². The van der Waals surface area contributed by atoms with Crippen LogP contribution in [0.25, 0.3) is 0 Å². The minimum Gasteiger partial charge on any atom is -0.472 e. The molecular weight excluding hydrogens is 216 g/mol. The van der Waals surface area contributed by atoms with E-state index in [1.165, 1.54) is 16.0 Å². The van der Waals surface area contributed by atoms with Gasteiger partial charge in [-0.25, -0.2) is 0 Å². The predicted octanol–water partition coefficient (Wildman–Crippen LogP) is 4.79. The van der Waals surface area contributed by atoms with Gasteiger partial charge in [0.15, 0.2) is 0 Å². The SMILES string of the molecule is CC(C)c1csc(C(C)(C)c2ccoc2)c1. The summed E-state index contributed by atoms with van der Waals surface area (Å²) in [7, 11) is 0. The van der Waals surface area contributed by atoms with Gasteiger partial charge in [0, 0.05) is 15.9 Å². The van der Waals surface area contributed by atoms with Crippen molar-refractivity contribution in [3.05, 3.63) is 46.0 Å². The van der Waals surface area contributed by atoms with Crippen LogP contribution in [0, 0.1) is 0 Å². The number of furan rings is 1. The van der Waals surface area contributed by atoms with Crippen molar-refractivity contribution in [1.82, 2.24) is 0 Å². The first kappa shape index (κ1) is 11.5. The molecule has 0 saturated carbocycles. The zero-order valence-corrected chi connectivity index (χ0v) is 11.1. The number of rotatable bonds is 3. The zero-order chi connectivity index (χ0) is 11.8. The van der Waals surface area contributed by atoms with E-state index in [4.69, 9.17) is 4.42 Å². The Balaban J connectivity index is 2.36. The Morgan fingerprint density at radius 2 is 2.06 bits per heavy atom. The molecule has 0 aliphatic rings. The van der Waals surface area contributed by atoms with Gasteiger partial charge < -0.3 is 4.42 Å². The predicted molar refractivity (Wildman–Crippen MR) is 69.2 cm³/mol. The second-order valence-corrected chi connectivity index (χ2v) is 5.95. The normalized spacial score (nSPS) is 12.3. The van der Waals surface area contributed by atoms with E-state index in [1.807, 2.05) is 17.6 Å². The Labute approximate surface area is 101 Å². The quantitative estimate of drug-likeness (QED) is 0.744. The molecule has 2 aromatic heterocycles. The minimum absolute atomic E-state index is 0.0464. The second-order valence-electron chi connectivity index (χ2n) is 5.04. The Bertz CT molecular complexity index is 449. The summed E-state index contributed by atoms with van der Waals surface area (Å²) >= 11 is 1.84. The molecular formula is C14H18OS. The Hall–Kier alpha value is -1.02. The first-order valence-corrected chi connectivity index (χ1v) is 6.51. The van der Waals surface area contributed by atoms with Crippen LogP contribution in [-0.2, 0) is 5.41 Å². The van der Waals surface area contributed by atoms with Gasteiger partial charge in [-0.15, -0.1) is 11.3 Å². The van der Waals surface area contributed by atoms with Crippen LogP contribution in [0.15, 0.2) is 34.5 Å². The molecule has 86 valence electrons. The molecule has 0 unspecified atom stereocenters. The van der Waals surface area contributed by atoms with Crippen LogP contribution in [0.2, 0.25) is 0 Å². The topological polar surface area (TPSA) is 13.1 Å². The van der Waals surface area contributed by atoms with Crippen LogP contribution >= 0.6 is 11.3 Å². The van der Waals surface area contributed by atoms with Gasteiger partial charge in [-0.05, 0) is 29.0 Å². The standard InChI is InChI=1S/C14H18OS/c1-10(2)11-7-13(16-9-11)14(3,4)12-5-6-15-8-12/h5-10H,1-4H3. The Morgan fingerprint density at radius 1 is 1.31 bits per heavy atom. The molecule has 2 heterocycles. The van der Waals surface area contributed by atoms with Crippen molar-refractivity contribution in [2.24, 2.45) is 0 Å². The lowest BCUT2D eigenvalue weighted by Crippen LogP contribution is -2.16. The molecule has 0 fully saturated rings. The lowest BCUT2D eigenvalue weighted by molar-refractivity contribution is 0.551. The summed E-state index contributed by atoms with van der Waals surface area (Å²) in [4.78, 5) is 1.40. The lowest BCUT2D eigenvalue weighted by atomic mass is 9.84. The van der Waals surface area contributed by atoms with Crippen LogP contribution in [-0.4, -0.2) is 0 Å². The summed E-state index contributed by atoms with van der Waals surface area (Å²) in [6.45, 7) is 8.95. The first-order valence-electron chi connectivity index (χ1n) is 5.63. The number of thiophene rings is 1. The molecule has 0 aliphatic carbocycles. The highest BCUT2D eigenvalue weighted by Gasteiger charge is 2.26. The summed E-state index contributed by atoms with van der Waals surface area (Å²) in [6.07, 6.45) is 3.59. The van der Waals surface area contributed by atoms with Crippen molar-refractivity contribution < 1.29 is 4.42 Å². The third kappa shape index (κ3) is 1.94. The maximum Gasteiger partial charge on any atom is 0.0943 e. The van der Waals surface area contributed by atoms with E-state index in [0.717, 1.165) is 0 Å². The van der Waals surface area contributed by atoms with E-state index in [2.05, 4.69) is 45.2 Å². The van der Waals surface area contributed by atoms with E-state index in [9.17, 15) is 0 Å². The van der Waals surface area contributed by atoms with E-state index in [0.29, 0.717) is 5.92 Å². The van der Waals surface area contributed by atoms with Gasteiger partial charge in [-0.2, -0.15) is 0 Å². The molecule has 2 heteroatoms. The summed E-state index contributed by atoms with van der Waals surface area (Å²) in [5, 5.41) is 2.27. The fraction of sp³-hybridized carbons (Fsp3) is 0.429. The molecule has 0 N–H and O–H groups in total. The van der Waals surface area contributed by atoms with Gasteiger partial charge in [0.25, 0.3) is 0 Å². The van der Waals surface area contributed by atoms with Crippen molar-refractivity contribution in [1.29, 1.82) is 0 Å². The molecule has 0 radical (unpaired) electrons. The van der Waals surface area contributed by atoms with Gasteiger partial charge >= 0.3 is 0 Å². The first-order chi connectivity index (χ1) is 7.51. The van der Waals surface area contributed by atoms with Gasteiger partial charge in [-0.3, -0.25) is 0 Å².